The van der Waals surface area contributed by atoms with Gasteiger partial charge in [0, 0.05) is 0 Å². The molecule has 1 atom stereocenters. The lowest BCUT2D eigenvalue weighted by molar-refractivity contribution is 0.0490. The van der Waals surface area contributed by atoms with Crippen LogP contribution in [0.3, 0.4) is 0 Å². The molecule has 15 heavy (non-hydrogen) atoms. The summed E-state index contributed by atoms with van der Waals surface area (Å²) < 4.78 is 5.12. The Bertz CT molecular complexity index is 261. The molecular weight excluding hydrogens is 212 g/mol. The summed E-state index contributed by atoms with van der Waals surface area (Å²) in [6.45, 7) is 9.08. The molecule has 0 aromatic carbocycles. The SMILES string of the molecule is CCC(C)(NC(=O)OC(C)(C)C)C(N)=S. The zero-order valence-corrected chi connectivity index (χ0v) is 10.8. The Morgan fingerprint density at radius 2 is 1.87 bits per heavy atom. The van der Waals surface area contributed by atoms with Gasteiger partial charge < -0.3 is 15.8 Å². The van der Waals surface area contributed by atoms with E-state index in [0.717, 1.165) is 0 Å². The number of amides is 1. The van der Waals surface area contributed by atoms with E-state index in [2.05, 4.69) is 5.32 Å². The predicted molar refractivity (Wildman–Crippen MR) is 64.9 cm³/mol. The van der Waals surface area contributed by atoms with Gasteiger partial charge >= 0.3 is 6.09 Å². The van der Waals surface area contributed by atoms with Crippen LogP contribution in [0.25, 0.3) is 0 Å². The second kappa shape index (κ2) is 4.79. The van der Waals surface area contributed by atoms with Gasteiger partial charge in [-0.05, 0) is 34.1 Å². The molecule has 0 aromatic heterocycles. The highest BCUT2D eigenvalue weighted by atomic mass is 32.1. The third kappa shape index (κ3) is 4.97. The maximum absolute atomic E-state index is 11.5. The monoisotopic (exact) mass is 232 g/mol. The first-order valence-corrected chi connectivity index (χ1v) is 5.32. The topological polar surface area (TPSA) is 64.3 Å². The molecule has 88 valence electrons. The lowest BCUT2D eigenvalue weighted by Gasteiger charge is -2.30. The van der Waals surface area contributed by atoms with Crippen LogP contribution in [-0.2, 0) is 4.74 Å². The second-order valence-electron chi connectivity index (χ2n) is 4.68. The van der Waals surface area contributed by atoms with Crippen molar-refractivity contribution in [3.05, 3.63) is 0 Å². The average Bonchev–Trinajstić information content (AvgIpc) is 1.99. The van der Waals surface area contributed by atoms with Crippen LogP contribution < -0.4 is 11.1 Å². The average molecular weight is 232 g/mol. The molecule has 0 rings (SSSR count). The van der Waals surface area contributed by atoms with Gasteiger partial charge in [0.25, 0.3) is 0 Å². The number of hydrogen-bond acceptors (Lipinski definition) is 3. The van der Waals surface area contributed by atoms with Crippen molar-refractivity contribution in [2.45, 2.75) is 52.2 Å². The van der Waals surface area contributed by atoms with Crippen LogP contribution in [0.15, 0.2) is 0 Å². The molecular formula is C10H20N2O2S. The van der Waals surface area contributed by atoms with Gasteiger partial charge in [0.2, 0.25) is 0 Å². The summed E-state index contributed by atoms with van der Waals surface area (Å²) in [5.41, 5.74) is 4.35. The summed E-state index contributed by atoms with van der Waals surface area (Å²) in [6, 6.07) is 0. The van der Waals surface area contributed by atoms with Crippen LogP contribution in [0, 0.1) is 0 Å². The molecule has 0 aliphatic rings. The predicted octanol–water partition coefficient (Wildman–Crippen LogP) is 1.97. The van der Waals surface area contributed by atoms with Crippen LogP contribution in [0.5, 0.6) is 0 Å². The van der Waals surface area contributed by atoms with Gasteiger partial charge in [0.05, 0.1) is 10.5 Å². The van der Waals surface area contributed by atoms with Crippen molar-refractivity contribution >= 4 is 23.3 Å². The molecule has 0 saturated carbocycles. The van der Waals surface area contributed by atoms with Crippen LogP contribution >= 0.6 is 12.2 Å². The Morgan fingerprint density at radius 1 is 1.40 bits per heavy atom. The molecule has 3 N–H and O–H groups in total. The van der Waals surface area contributed by atoms with Gasteiger partial charge in [-0.2, -0.15) is 0 Å². The number of carbonyl (C=O) groups excluding carboxylic acids is 1. The minimum absolute atomic E-state index is 0.260. The first kappa shape index (κ1) is 14.2. The number of nitrogens with one attached hydrogen (secondary N) is 1. The quantitative estimate of drug-likeness (QED) is 0.730. The standard InChI is InChI=1S/C10H20N2O2S/c1-6-10(5,7(11)15)12-8(13)14-9(2,3)4/h6H2,1-5H3,(H2,11,15)(H,12,13). The van der Waals surface area contributed by atoms with Gasteiger partial charge in [-0.1, -0.05) is 19.1 Å². The Kier molecular flexibility index (Phi) is 4.52. The van der Waals surface area contributed by atoms with E-state index >= 15 is 0 Å². The summed E-state index contributed by atoms with van der Waals surface area (Å²) in [5, 5.41) is 2.67. The van der Waals surface area contributed by atoms with E-state index in [9.17, 15) is 4.79 Å². The third-order valence-electron chi connectivity index (χ3n) is 2.03. The van der Waals surface area contributed by atoms with E-state index in [0.29, 0.717) is 6.42 Å². The second-order valence-corrected chi connectivity index (χ2v) is 5.12. The van der Waals surface area contributed by atoms with Crippen LogP contribution in [-0.4, -0.2) is 22.2 Å². The molecule has 1 amide bonds. The van der Waals surface area contributed by atoms with E-state index in [-0.39, 0.29) is 4.99 Å². The highest BCUT2D eigenvalue weighted by Gasteiger charge is 2.29. The molecule has 0 bridgehead atoms. The van der Waals surface area contributed by atoms with Crippen molar-refractivity contribution < 1.29 is 9.53 Å². The smallest absolute Gasteiger partial charge is 0.408 e. The normalized spacial score (nSPS) is 15.3. The van der Waals surface area contributed by atoms with E-state index in [1.165, 1.54) is 0 Å². The van der Waals surface area contributed by atoms with Crippen molar-refractivity contribution in [1.29, 1.82) is 0 Å². The summed E-state index contributed by atoms with van der Waals surface area (Å²) >= 11 is 4.90. The summed E-state index contributed by atoms with van der Waals surface area (Å²) in [7, 11) is 0. The van der Waals surface area contributed by atoms with Crippen molar-refractivity contribution in [2.24, 2.45) is 5.73 Å². The fraction of sp³-hybridized carbons (Fsp3) is 0.800. The van der Waals surface area contributed by atoms with Crippen LogP contribution in [0.4, 0.5) is 4.79 Å². The van der Waals surface area contributed by atoms with E-state index in [4.69, 9.17) is 22.7 Å². The molecule has 0 aromatic rings. The number of rotatable bonds is 3. The maximum Gasteiger partial charge on any atom is 0.408 e. The van der Waals surface area contributed by atoms with E-state index in [1.54, 1.807) is 27.7 Å². The molecule has 5 heteroatoms. The van der Waals surface area contributed by atoms with Gasteiger partial charge in [0.15, 0.2) is 0 Å². The summed E-state index contributed by atoms with van der Waals surface area (Å²) in [4.78, 5) is 11.7. The van der Waals surface area contributed by atoms with E-state index < -0.39 is 17.2 Å². The van der Waals surface area contributed by atoms with Gasteiger partial charge in [-0.25, -0.2) is 4.79 Å². The lowest BCUT2D eigenvalue weighted by Crippen LogP contribution is -2.55. The zero-order valence-electron chi connectivity index (χ0n) is 10.0. The first-order valence-electron chi connectivity index (χ1n) is 4.92. The number of alkyl carbamates (subject to hydrolysis) is 1. The molecule has 0 radical (unpaired) electrons. The summed E-state index contributed by atoms with van der Waals surface area (Å²) in [5.74, 6) is 0. The van der Waals surface area contributed by atoms with Crippen LogP contribution in [0.1, 0.15) is 41.0 Å². The van der Waals surface area contributed by atoms with Crippen molar-refractivity contribution in [3.8, 4) is 0 Å². The minimum Gasteiger partial charge on any atom is -0.444 e. The Morgan fingerprint density at radius 3 is 2.13 bits per heavy atom. The molecule has 0 fully saturated rings. The fourth-order valence-corrected chi connectivity index (χ4v) is 1.05. The largest absolute Gasteiger partial charge is 0.444 e. The molecule has 0 heterocycles. The third-order valence-corrected chi connectivity index (χ3v) is 2.48. The highest BCUT2D eigenvalue weighted by molar-refractivity contribution is 7.80. The summed E-state index contributed by atoms with van der Waals surface area (Å²) in [6.07, 6.45) is 0.126. The number of carbonyl (C=O) groups is 1. The first-order chi connectivity index (χ1) is 6.60. The van der Waals surface area contributed by atoms with Crippen molar-refractivity contribution in [3.63, 3.8) is 0 Å². The van der Waals surface area contributed by atoms with Crippen molar-refractivity contribution in [2.75, 3.05) is 0 Å². The fourth-order valence-electron chi connectivity index (χ4n) is 0.853. The van der Waals surface area contributed by atoms with Gasteiger partial charge in [0.1, 0.15) is 5.60 Å². The van der Waals surface area contributed by atoms with Crippen LogP contribution in [0.2, 0.25) is 0 Å². The number of hydrogen-bond donors (Lipinski definition) is 2. The molecule has 0 aliphatic heterocycles. The molecule has 0 saturated heterocycles. The minimum atomic E-state index is -0.683. The number of nitrogens with two attached hydrogens (primary N) is 1. The number of thiocarbonyl (C=S) groups is 1. The molecule has 4 nitrogen and oxygen atoms in total. The van der Waals surface area contributed by atoms with Gasteiger partial charge in [-0.3, -0.25) is 0 Å². The number of ether oxygens (including phenoxy) is 1. The van der Waals surface area contributed by atoms with E-state index in [1.807, 2.05) is 6.92 Å². The molecule has 1 unspecified atom stereocenters. The Labute approximate surface area is 96.5 Å². The molecule has 0 spiro atoms. The maximum atomic E-state index is 11.5. The van der Waals surface area contributed by atoms with Gasteiger partial charge in [-0.15, -0.1) is 0 Å². The Hall–Kier alpha value is -0.840. The Balaban J connectivity index is 4.45. The molecule has 0 aliphatic carbocycles. The zero-order chi connectivity index (χ0) is 12.3. The van der Waals surface area contributed by atoms with Crippen molar-refractivity contribution in [1.82, 2.24) is 5.32 Å². The highest BCUT2D eigenvalue weighted by Crippen LogP contribution is 2.12. The lowest BCUT2D eigenvalue weighted by atomic mass is 9.99.